The van der Waals surface area contributed by atoms with E-state index in [4.69, 9.17) is 0 Å². The summed E-state index contributed by atoms with van der Waals surface area (Å²) in [5.74, 6) is -0.696. The molecule has 1 aliphatic rings. The van der Waals surface area contributed by atoms with Gasteiger partial charge in [-0.2, -0.15) is 0 Å². The molecule has 0 saturated heterocycles. The van der Waals surface area contributed by atoms with E-state index in [-0.39, 0.29) is 17.5 Å². The number of fused-ring (bicyclic) bond motifs is 1. The average molecular weight is 241 g/mol. The Balaban J connectivity index is 1.77. The quantitative estimate of drug-likeness (QED) is 0.860. The molecule has 1 atom stereocenters. The minimum atomic E-state index is -0.404. The Morgan fingerprint density at radius 2 is 1.83 bits per heavy atom. The predicted molar refractivity (Wildman–Crippen MR) is 67.9 cm³/mol. The molecule has 2 nitrogen and oxygen atoms in total. The Hall–Kier alpha value is -2.16. The number of anilines is 1. The van der Waals surface area contributed by atoms with Crippen molar-refractivity contribution in [3.63, 3.8) is 0 Å². The lowest BCUT2D eigenvalue weighted by molar-refractivity contribution is -0.118. The van der Waals surface area contributed by atoms with Gasteiger partial charge in [-0.25, -0.2) is 4.39 Å². The molecule has 90 valence electrons. The molecular weight excluding hydrogens is 229 g/mol. The van der Waals surface area contributed by atoms with Crippen molar-refractivity contribution >= 4 is 11.6 Å². The molecule has 2 aromatic carbocycles. The number of carbonyl (C=O) groups is 1. The van der Waals surface area contributed by atoms with E-state index in [0.717, 1.165) is 12.0 Å². The van der Waals surface area contributed by atoms with Gasteiger partial charge in [0.15, 0.2) is 0 Å². The van der Waals surface area contributed by atoms with Crippen LogP contribution in [0.5, 0.6) is 0 Å². The first-order chi connectivity index (χ1) is 8.75. The van der Waals surface area contributed by atoms with Crippen molar-refractivity contribution in [3.8, 4) is 0 Å². The van der Waals surface area contributed by atoms with E-state index in [2.05, 4.69) is 5.32 Å². The maximum atomic E-state index is 13.4. The van der Waals surface area contributed by atoms with Crippen LogP contribution in [-0.2, 0) is 11.2 Å². The number of nitrogens with one attached hydrogen (secondary N) is 1. The van der Waals surface area contributed by atoms with E-state index in [1.165, 1.54) is 11.6 Å². The fourth-order valence-corrected chi connectivity index (χ4v) is 2.28. The molecule has 0 saturated carbocycles. The second kappa shape index (κ2) is 4.26. The molecule has 0 radical (unpaired) electrons. The fourth-order valence-electron chi connectivity index (χ4n) is 2.28. The molecule has 18 heavy (non-hydrogen) atoms. The number of halogens is 1. The van der Waals surface area contributed by atoms with Gasteiger partial charge in [0, 0.05) is 0 Å². The summed E-state index contributed by atoms with van der Waals surface area (Å²) < 4.78 is 13.4. The highest BCUT2D eigenvalue weighted by atomic mass is 19.1. The molecule has 3 rings (SSSR count). The lowest BCUT2D eigenvalue weighted by Gasteiger charge is -2.28. The van der Waals surface area contributed by atoms with Crippen LogP contribution >= 0.6 is 0 Å². The van der Waals surface area contributed by atoms with Crippen molar-refractivity contribution in [2.45, 2.75) is 12.3 Å². The number of carbonyl (C=O) groups excluding carboxylic acids is 1. The third kappa shape index (κ3) is 1.78. The van der Waals surface area contributed by atoms with Gasteiger partial charge in [0.25, 0.3) is 0 Å². The summed E-state index contributed by atoms with van der Waals surface area (Å²) in [6.07, 6.45) is 0.733. The molecule has 1 N–H and O–H groups in total. The third-order valence-electron chi connectivity index (χ3n) is 3.30. The van der Waals surface area contributed by atoms with Crippen LogP contribution in [0.1, 0.15) is 17.0 Å². The summed E-state index contributed by atoms with van der Waals surface area (Å²) >= 11 is 0. The van der Waals surface area contributed by atoms with Crippen molar-refractivity contribution in [2.24, 2.45) is 0 Å². The zero-order valence-corrected chi connectivity index (χ0v) is 9.69. The first-order valence-corrected chi connectivity index (χ1v) is 5.89. The molecule has 1 aliphatic carbocycles. The summed E-state index contributed by atoms with van der Waals surface area (Å²) in [5, 5.41) is 2.64. The van der Waals surface area contributed by atoms with E-state index in [1.807, 2.05) is 24.3 Å². The number of hydrogen-bond donors (Lipinski definition) is 1. The molecule has 2 aromatic rings. The first kappa shape index (κ1) is 11.0. The van der Waals surface area contributed by atoms with Crippen LogP contribution < -0.4 is 5.32 Å². The highest BCUT2D eigenvalue weighted by Crippen LogP contribution is 2.35. The number of hydrogen-bond acceptors (Lipinski definition) is 1. The van der Waals surface area contributed by atoms with Gasteiger partial charge < -0.3 is 5.32 Å². The summed E-state index contributed by atoms with van der Waals surface area (Å²) in [6.45, 7) is 0. The highest BCUT2D eigenvalue weighted by Gasteiger charge is 2.31. The maximum Gasteiger partial charge on any atom is 0.232 e. The van der Waals surface area contributed by atoms with E-state index in [1.54, 1.807) is 18.2 Å². The largest absolute Gasteiger partial charge is 0.323 e. The normalized spacial score (nSPS) is 16.6. The lowest BCUT2D eigenvalue weighted by Crippen LogP contribution is -2.30. The van der Waals surface area contributed by atoms with E-state index in [0.29, 0.717) is 0 Å². The summed E-state index contributed by atoms with van der Waals surface area (Å²) in [7, 11) is 0. The molecule has 0 aromatic heterocycles. The number of benzene rings is 2. The number of rotatable bonds is 2. The fraction of sp³-hybridized carbons (Fsp3) is 0.133. The van der Waals surface area contributed by atoms with Crippen molar-refractivity contribution in [1.29, 1.82) is 0 Å². The van der Waals surface area contributed by atoms with Crippen LogP contribution in [0.2, 0.25) is 0 Å². The molecule has 0 aliphatic heterocycles. The Bertz CT molecular complexity index is 609. The summed E-state index contributed by atoms with van der Waals surface area (Å²) in [6, 6.07) is 14.1. The van der Waals surface area contributed by atoms with Crippen molar-refractivity contribution in [3.05, 3.63) is 65.5 Å². The summed E-state index contributed by atoms with van der Waals surface area (Å²) in [5.41, 5.74) is 2.49. The molecule has 1 amide bonds. The topological polar surface area (TPSA) is 29.1 Å². The Labute approximate surface area is 104 Å². The van der Waals surface area contributed by atoms with Gasteiger partial charge in [0.2, 0.25) is 5.91 Å². The van der Waals surface area contributed by atoms with Gasteiger partial charge in [-0.1, -0.05) is 36.4 Å². The van der Waals surface area contributed by atoms with Gasteiger partial charge in [0.05, 0.1) is 11.6 Å². The van der Waals surface area contributed by atoms with Crippen LogP contribution in [0.15, 0.2) is 48.5 Å². The third-order valence-corrected chi connectivity index (χ3v) is 3.30. The van der Waals surface area contributed by atoms with Gasteiger partial charge in [-0.15, -0.1) is 0 Å². The molecular formula is C15H12FNO. The van der Waals surface area contributed by atoms with Crippen LogP contribution in [0.4, 0.5) is 10.1 Å². The maximum absolute atomic E-state index is 13.4. The van der Waals surface area contributed by atoms with E-state index in [9.17, 15) is 9.18 Å². The Morgan fingerprint density at radius 1 is 1.11 bits per heavy atom. The van der Waals surface area contributed by atoms with E-state index >= 15 is 0 Å². The van der Waals surface area contributed by atoms with Crippen LogP contribution in [-0.4, -0.2) is 5.91 Å². The second-order valence-corrected chi connectivity index (χ2v) is 4.42. The SMILES string of the molecule is O=C(Nc1ccccc1F)C1Cc2ccccc21. The average Bonchev–Trinajstić information content (AvgIpc) is 2.34. The Kier molecular flexibility index (Phi) is 2.59. The first-order valence-electron chi connectivity index (χ1n) is 5.89. The van der Waals surface area contributed by atoms with Crippen molar-refractivity contribution < 1.29 is 9.18 Å². The second-order valence-electron chi connectivity index (χ2n) is 4.42. The zero-order valence-electron chi connectivity index (χ0n) is 9.69. The van der Waals surface area contributed by atoms with Crippen molar-refractivity contribution in [2.75, 3.05) is 5.32 Å². The van der Waals surface area contributed by atoms with E-state index < -0.39 is 5.82 Å². The molecule has 0 fully saturated rings. The number of para-hydroxylation sites is 1. The smallest absolute Gasteiger partial charge is 0.232 e. The van der Waals surface area contributed by atoms with Crippen LogP contribution in [0, 0.1) is 5.82 Å². The Morgan fingerprint density at radius 3 is 2.61 bits per heavy atom. The van der Waals surface area contributed by atoms with Gasteiger partial charge in [0.1, 0.15) is 5.82 Å². The predicted octanol–water partition coefficient (Wildman–Crippen LogP) is 3.10. The highest BCUT2D eigenvalue weighted by molar-refractivity contribution is 5.97. The summed E-state index contributed by atoms with van der Waals surface area (Å²) in [4.78, 5) is 12.0. The van der Waals surface area contributed by atoms with Gasteiger partial charge in [-0.3, -0.25) is 4.79 Å². The monoisotopic (exact) mass is 241 g/mol. The zero-order chi connectivity index (χ0) is 12.5. The minimum Gasteiger partial charge on any atom is -0.323 e. The van der Waals surface area contributed by atoms with Crippen LogP contribution in [0.3, 0.4) is 0 Å². The van der Waals surface area contributed by atoms with Crippen molar-refractivity contribution in [1.82, 2.24) is 0 Å². The molecule has 0 spiro atoms. The lowest BCUT2D eigenvalue weighted by atomic mass is 9.77. The minimum absolute atomic E-state index is 0.140. The molecule has 3 heteroatoms. The van der Waals surface area contributed by atoms with Crippen LogP contribution in [0.25, 0.3) is 0 Å². The standard InChI is InChI=1S/C15H12FNO/c16-13-7-3-4-8-14(13)17-15(18)12-9-10-5-1-2-6-11(10)12/h1-8,12H,9H2,(H,17,18). The molecule has 1 unspecified atom stereocenters. The molecule has 0 bridgehead atoms. The van der Waals surface area contributed by atoms with Gasteiger partial charge in [-0.05, 0) is 29.7 Å². The number of amides is 1. The van der Waals surface area contributed by atoms with Gasteiger partial charge >= 0.3 is 0 Å². The molecule has 0 heterocycles.